The molecule has 0 aromatic heterocycles. The van der Waals surface area contributed by atoms with Gasteiger partial charge >= 0.3 is 0 Å². The highest BCUT2D eigenvalue weighted by atomic mass is 16.2. The fourth-order valence-electron chi connectivity index (χ4n) is 3.54. The molecule has 1 aromatic rings. The van der Waals surface area contributed by atoms with Gasteiger partial charge in [0.05, 0.1) is 6.07 Å². The molecule has 1 N–H and O–H groups in total. The van der Waals surface area contributed by atoms with Crippen LogP contribution in [0.25, 0.3) is 0 Å². The first-order valence-electron chi connectivity index (χ1n) is 8.87. The summed E-state index contributed by atoms with van der Waals surface area (Å²) in [4.78, 5) is 17.1. The number of para-hydroxylation sites is 1. The van der Waals surface area contributed by atoms with Crippen molar-refractivity contribution in [1.82, 2.24) is 10.2 Å². The number of hydrogen-bond donors (Lipinski definition) is 1. The van der Waals surface area contributed by atoms with E-state index in [9.17, 15) is 10.1 Å². The van der Waals surface area contributed by atoms with Gasteiger partial charge in [0.1, 0.15) is 5.41 Å². The van der Waals surface area contributed by atoms with Crippen molar-refractivity contribution in [2.45, 2.75) is 32.2 Å². The maximum absolute atomic E-state index is 12.3. The van der Waals surface area contributed by atoms with E-state index in [4.69, 9.17) is 0 Å². The second-order valence-corrected chi connectivity index (χ2v) is 7.05. The van der Waals surface area contributed by atoms with Crippen LogP contribution in [0.4, 0.5) is 5.69 Å². The van der Waals surface area contributed by atoms with E-state index in [1.54, 1.807) is 0 Å². The molecule has 2 aliphatic rings. The number of rotatable bonds is 5. The van der Waals surface area contributed by atoms with Gasteiger partial charge in [0.15, 0.2) is 0 Å². The van der Waals surface area contributed by atoms with Crippen LogP contribution in [0.5, 0.6) is 0 Å². The zero-order valence-corrected chi connectivity index (χ0v) is 14.4. The third-order valence-corrected chi connectivity index (χ3v) is 5.26. The van der Waals surface area contributed by atoms with Crippen LogP contribution in [0.2, 0.25) is 0 Å². The quantitative estimate of drug-likeness (QED) is 0.899. The Balaban J connectivity index is 1.44. The topological polar surface area (TPSA) is 59.4 Å². The molecule has 1 atom stereocenters. The van der Waals surface area contributed by atoms with Crippen LogP contribution in [0, 0.1) is 16.7 Å². The fraction of sp³-hybridized carbons (Fsp3) is 0.579. The molecule has 3 rings (SSSR count). The highest BCUT2D eigenvalue weighted by Crippen LogP contribution is 2.40. The summed E-state index contributed by atoms with van der Waals surface area (Å²) in [5, 5.41) is 12.3. The molecule has 1 saturated heterocycles. The van der Waals surface area contributed by atoms with E-state index in [1.807, 2.05) is 13.0 Å². The first-order chi connectivity index (χ1) is 11.6. The average Bonchev–Trinajstić information content (AvgIpc) is 2.56. The van der Waals surface area contributed by atoms with Crippen LogP contribution in [0.3, 0.4) is 0 Å². The molecular weight excluding hydrogens is 300 g/mol. The van der Waals surface area contributed by atoms with Crippen LogP contribution in [0.1, 0.15) is 26.2 Å². The second kappa shape index (κ2) is 7.23. The Morgan fingerprint density at radius 2 is 1.92 bits per heavy atom. The monoisotopic (exact) mass is 326 g/mol. The minimum Gasteiger partial charge on any atom is -0.369 e. The minimum absolute atomic E-state index is 0.0756. The summed E-state index contributed by atoms with van der Waals surface area (Å²) < 4.78 is 0. The normalized spacial score (nSPS) is 21.4. The van der Waals surface area contributed by atoms with E-state index in [1.165, 1.54) is 5.69 Å². The van der Waals surface area contributed by atoms with Crippen molar-refractivity contribution in [3.63, 3.8) is 0 Å². The summed E-state index contributed by atoms with van der Waals surface area (Å²) >= 11 is 0. The summed E-state index contributed by atoms with van der Waals surface area (Å²) in [5.74, 6) is -0.0772. The molecule has 1 saturated carbocycles. The zero-order chi connectivity index (χ0) is 17.0. The number of anilines is 1. The van der Waals surface area contributed by atoms with Crippen molar-refractivity contribution in [2.24, 2.45) is 5.41 Å². The summed E-state index contributed by atoms with van der Waals surface area (Å²) in [6.07, 6.45) is 2.40. The summed E-state index contributed by atoms with van der Waals surface area (Å²) in [6, 6.07) is 12.8. The van der Waals surface area contributed by atoms with Gasteiger partial charge in [-0.1, -0.05) is 18.2 Å². The Bertz CT molecular complexity index is 598. The Morgan fingerprint density at radius 1 is 1.25 bits per heavy atom. The highest BCUT2D eigenvalue weighted by Gasteiger charge is 2.44. The van der Waals surface area contributed by atoms with Crippen molar-refractivity contribution < 1.29 is 4.79 Å². The summed E-state index contributed by atoms with van der Waals surface area (Å²) in [6.45, 7) is 6.89. The van der Waals surface area contributed by atoms with Crippen LogP contribution in [-0.2, 0) is 4.79 Å². The Hall–Kier alpha value is -2.06. The van der Waals surface area contributed by atoms with E-state index < -0.39 is 5.41 Å². The fourth-order valence-corrected chi connectivity index (χ4v) is 3.54. The zero-order valence-electron chi connectivity index (χ0n) is 14.4. The lowest BCUT2D eigenvalue weighted by molar-refractivity contribution is -0.132. The molecule has 1 aromatic carbocycles. The molecule has 0 spiro atoms. The maximum atomic E-state index is 12.3. The van der Waals surface area contributed by atoms with Gasteiger partial charge in [0, 0.05) is 44.5 Å². The van der Waals surface area contributed by atoms with Gasteiger partial charge in [-0.3, -0.25) is 9.69 Å². The molecule has 5 heteroatoms. The summed E-state index contributed by atoms with van der Waals surface area (Å²) in [7, 11) is 0. The van der Waals surface area contributed by atoms with Gasteiger partial charge < -0.3 is 10.2 Å². The van der Waals surface area contributed by atoms with Crippen LogP contribution in [0.15, 0.2) is 30.3 Å². The second-order valence-electron chi connectivity index (χ2n) is 7.05. The molecule has 1 aliphatic carbocycles. The lowest BCUT2D eigenvalue weighted by Gasteiger charge is -2.38. The number of hydrogen-bond acceptors (Lipinski definition) is 4. The minimum atomic E-state index is -0.750. The third kappa shape index (κ3) is 3.54. The Kier molecular flexibility index (Phi) is 5.06. The molecule has 0 bridgehead atoms. The Morgan fingerprint density at radius 3 is 2.46 bits per heavy atom. The number of carbonyl (C=O) groups excluding carboxylic acids is 1. The van der Waals surface area contributed by atoms with Crippen molar-refractivity contribution in [3.8, 4) is 6.07 Å². The summed E-state index contributed by atoms with van der Waals surface area (Å²) in [5.41, 5.74) is 0.528. The first kappa shape index (κ1) is 16.8. The third-order valence-electron chi connectivity index (χ3n) is 5.26. The van der Waals surface area contributed by atoms with Crippen molar-refractivity contribution >= 4 is 11.6 Å². The number of amides is 1. The van der Waals surface area contributed by atoms with E-state index in [2.05, 4.69) is 45.5 Å². The standard InChI is InChI=1S/C19H26N4O/c1-16(21-18(24)19(15-20)8-5-9-19)14-22-10-12-23(13-11-22)17-6-3-2-4-7-17/h2-4,6-7,16H,5,8-14H2,1H3,(H,21,24)/t16-/m1/s1. The Labute approximate surface area is 144 Å². The number of nitrogens with zero attached hydrogens (tertiary/aromatic N) is 3. The van der Waals surface area contributed by atoms with Gasteiger partial charge in [-0.25, -0.2) is 0 Å². The molecule has 24 heavy (non-hydrogen) atoms. The lowest BCUT2D eigenvalue weighted by atomic mass is 9.69. The van der Waals surface area contributed by atoms with E-state index >= 15 is 0 Å². The molecule has 128 valence electrons. The van der Waals surface area contributed by atoms with E-state index in [0.29, 0.717) is 12.8 Å². The van der Waals surface area contributed by atoms with Crippen LogP contribution in [-0.4, -0.2) is 49.6 Å². The van der Waals surface area contributed by atoms with Gasteiger partial charge in [-0.2, -0.15) is 5.26 Å². The lowest BCUT2D eigenvalue weighted by Crippen LogP contribution is -2.53. The van der Waals surface area contributed by atoms with Crippen molar-refractivity contribution in [3.05, 3.63) is 30.3 Å². The van der Waals surface area contributed by atoms with Crippen LogP contribution < -0.4 is 10.2 Å². The van der Waals surface area contributed by atoms with Gasteiger partial charge in [0.2, 0.25) is 5.91 Å². The SMILES string of the molecule is C[C@H](CN1CCN(c2ccccc2)CC1)NC(=O)C1(C#N)CCC1. The smallest absolute Gasteiger partial charge is 0.240 e. The van der Waals surface area contributed by atoms with E-state index in [0.717, 1.165) is 39.1 Å². The number of piperazine rings is 1. The number of nitriles is 1. The van der Waals surface area contributed by atoms with Crippen molar-refractivity contribution in [2.75, 3.05) is 37.6 Å². The predicted molar refractivity (Wildman–Crippen MR) is 94.6 cm³/mol. The molecule has 1 amide bonds. The highest BCUT2D eigenvalue weighted by molar-refractivity contribution is 5.86. The largest absolute Gasteiger partial charge is 0.369 e. The predicted octanol–water partition coefficient (Wildman–Crippen LogP) is 2.01. The van der Waals surface area contributed by atoms with Crippen molar-refractivity contribution in [1.29, 1.82) is 5.26 Å². The van der Waals surface area contributed by atoms with E-state index in [-0.39, 0.29) is 11.9 Å². The van der Waals surface area contributed by atoms with Gasteiger partial charge in [-0.05, 0) is 38.3 Å². The molecule has 1 aliphatic heterocycles. The molecule has 2 fully saturated rings. The van der Waals surface area contributed by atoms with Gasteiger partial charge in [0.25, 0.3) is 0 Å². The molecule has 5 nitrogen and oxygen atoms in total. The van der Waals surface area contributed by atoms with Crippen LogP contribution >= 0.6 is 0 Å². The molecular formula is C19H26N4O. The average molecular weight is 326 g/mol. The number of carbonyl (C=O) groups is 1. The molecule has 1 heterocycles. The molecule has 0 radical (unpaired) electrons. The maximum Gasteiger partial charge on any atom is 0.240 e. The molecule has 0 unspecified atom stereocenters. The first-order valence-corrected chi connectivity index (χ1v) is 8.87. The van der Waals surface area contributed by atoms with Gasteiger partial charge in [-0.15, -0.1) is 0 Å². The number of nitrogens with one attached hydrogen (secondary N) is 1. The number of benzene rings is 1.